The van der Waals surface area contributed by atoms with E-state index in [1.54, 1.807) is 12.1 Å². The van der Waals surface area contributed by atoms with Crippen molar-refractivity contribution in [2.45, 2.75) is 38.0 Å². The van der Waals surface area contributed by atoms with Crippen molar-refractivity contribution < 1.29 is 26.9 Å². The predicted octanol–water partition coefficient (Wildman–Crippen LogP) is 5.31. The fourth-order valence-corrected chi connectivity index (χ4v) is 3.58. The third-order valence-electron chi connectivity index (χ3n) is 4.99. The number of aryl methyl sites for hydroxylation is 1. The number of Topliss-reactive ketones (excluding diaryl/α,β-unsaturated/α-hetero) is 1. The lowest BCUT2D eigenvalue weighted by atomic mass is 9.92. The van der Waals surface area contributed by atoms with E-state index in [-0.39, 0.29) is 29.5 Å². The second-order valence-electron chi connectivity index (χ2n) is 6.80. The summed E-state index contributed by atoms with van der Waals surface area (Å²) in [5.41, 5.74) is 2.30. The number of carbonyl (C=O) groups excluding carboxylic acids is 1. The van der Waals surface area contributed by atoms with Gasteiger partial charge in [-0.25, -0.2) is 8.78 Å². The third-order valence-corrected chi connectivity index (χ3v) is 4.99. The number of carbonyl (C=O) groups is 1. The molecule has 4 rings (SSSR count). The number of hydrogen-bond acceptors (Lipinski definition) is 5. The largest absolute Gasteiger partial charge is 0.333 e. The van der Waals surface area contributed by atoms with E-state index >= 15 is 0 Å². The number of hydrogen-bond donors (Lipinski definition) is 0. The molecule has 0 amide bonds. The maximum Gasteiger partial charge on any atom is 0.315 e. The molecule has 1 aliphatic carbocycles. The minimum Gasteiger partial charge on any atom is -0.333 e. The zero-order valence-corrected chi connectivity index (χ0v) is 15.0. The number of rotatable bonds is 6. The van der Waals surface area contributed by atoms with Gasteiger partial charge in [0.2, 0.25) is 5.82 Å². The normalized spacial score (nSPS) is 15.9. The van der Waals surface area contributed by atoms with Gasteiger partial charge in [0.05, 0.1) is 0 Å². The molecule has 29 heavy (non-hydrogen) atoms. The molecule has 3 aromatic rings. The molecule has 2 heterocycles. The summed E-state index contributed by atoms with van der Waals surface area (Å²) >= 11 is 0. The highest BCUT2D eigenvalue weighted by Crippen LogP contribution is 2.38. The maximum atomic E-state index is 12.8. The number of pyridine rings is 1. The van der Waals surface area contributed by atoms with Crippen molar-refractivity contribution in [3.63, 3.8) is 0 Å². The molecule has 0 fully saturated rings. The van der Waals surface area contributed by atoms with Crippen LogP contribution in [0.2, 0.25) is 0 Å². The highest BCUT2D eigenvalue weighted by molar-refractivity contribution is 5.96. The van der Waals surface area contributed by atoms with Gasteiger partial charge in [-0.2, -0.15) is 13.8 Å². The van der Waals surface area contributed by atoms with Gasteiger partial charge in [-0.3, -0.25) is 9.78 Å². The van der Waals surface area contributed by atoms with Crippen LogP contribution in [0.25, 0.3) is 11.4 Å². The summed E-state index contributed by atoms with van der Waals surface area (Å²) in [4.78, 5) is 19.8. The minimum absolute atomic E-state index is 0.0448. The first kappa shape index (κ1) is 19.2. The molecular formula is C20H15F4N3O2. The van der Waals surface area contributed by atoms with Crippen molar-refractivity contribution in [2.24, 2.45) is 0 Å². The van der Waals surface area contributed by atoms with Crippen LogP contribution < -0.4 is 0 Å². The molecule has 0 saturated carbocycles. The van der Waals surface area contributed by atoms with E-state index in [0.29, 0.717) is 12.0 Å². The Morgan fingerprint density at radius 2 is 1.97 bits per heavy atom. The Labute approximate surface area is 162 Å². The lowest BCUT2D eigenvalue weighted by Gasteiger charge is -2.11. The SMILES string of the molecule is O=C(C[C@@H]1CCc2cc(-c3noc(C(F)F)n3)ccc21)c1ccnc(C(F)F)c1. The van der Waals surface area contributed by atoms with Gasteiger partial charge >= 0.3 is 6.43 Å². The Balaban J connectivity index is 1.51. The Morgan fingerprint density at radius 3 is 2.69 bits per heavy atom. The zero-order chi connectivity index (χ0) is 20.5. The van der Waals surface area contributed by atoms with Crippen molar-refractivity contribution in [3.8, 4) is 11.4 Å². The van der Waals surface area contributed by atoms with Crippen LogP contribution in [0.4, 0.5) is 17.6 Å². The van der Waals surface area contributed by atoms with Crippen molar-refractivity contribution >= 4 is 5.78 Å². The van der Waals surface area contributed by atoms with Crippen LogP contribution in [0, 0.1) is 0 Å². The molecule has 5 nitrogen and oxygen atoms in total. The third kappa shape index (κ3) is 3.90. The first-order chi connectivity index (χ1) is 13.9. The number of ketones is 1. The summed E-state index contributed by atoms with van der Waals surface area (Å²) in [6.45, 7) is 0. The molecule has 9 heteroatoms. The van der Waals surface area contributed by atoms with Gasteiger partial charge in [0.1, 0.15) is 5.69 Å². The number of halogens is 4. The van der Waals surface area contributed by atoms with E-state index in [2.05, 4.69) is 19.6 Å². The highest BCUT2D eigenvalue weighted by Gasteiger charge is 2.27. The van der Waals surface area contributed by atoms with Gasteiger partial charge in [0.25, 0.3) is 12.3 Å². The van der Waals surface area contributed by atoms with E-state index < -0.39 is 24.4 Å². The van der Waals surface area contributed by atoms with Crippen LogP contribution in [-0.2, 0) is 6.42 Å². The zero-order valence-electron chi connectivity index (χ0n) is 15.0. The molecular weight excluding hydrogens is 390 g/mol. The summed E-state index contributed by atoms with van der Waals surface area (Å²) in [5.74, 6) is -0.920. The molecule has 1 aromatic carbocycles. The van der Waals surface area contributed by atoms with Crippen molar-refractivity contribution in [1.82, 2.24) is 15.1 Å². The Bertz CT molecular complexity index is 1050. The van der Waals surface area contributed by atoms with Crippen LogP contribution in [0.5, 0.6) is 0 Å². The van der Waals surface area contributed by atoms with E-state index in [9.17, 15) is 22.4 Å². The average molecular weight is 405 g/mol. The number of nitrogens with zero attached hydrogens (tertiary/aromatic N) is 3. The van der Waals surface area contributed by atoms with Gasteiger partial charge in [0.15, 0.2) is 5.78 Å². The van der Waals surface area contributed by atoms with E-state index in [1.165, 1.54) is 12.3 Å². The average Bonchev–Trinajstić information content (AvgIpc) is 3.35. The Kier molecular flexibility index (Phi) is 5.12. The summed E-state index contributed by atoms with van der Waals surface area (Å²) < 4.78 is 55.4. The second kappa shape index (κ2) is 7.73. The highest BCUT2D eigenvalue weighted by atomic mass is 19.3. The molecule has 0 saturated heterocycles. The van der Waals surface area contributed by atoms with Crippen LogP contribution in [0.15, 0.2) is 41.1 Å². The summed E-state index contributed by atoms with van der Waals surface area (Å²) in [6.07, 6.45) is -2.73. The van der Waals surface area contributed by atoms with Crippen molar-refractivity contribution in [2.75, 3.05) is 0 Å². The first-order valence-electron chi connectivity index (χ1n) is 8.94. The molecule has 0 aliphatic heterocycles. The van der Waals surface area contributed by atoms with E-state index in [0.717, 1.165) is 23.6 Å². The van der Waals surface area contributed by atoms with Gasteiger partial charge in [-0.05, 0) is 48.1 Å². The smallest absolute Gasteiger partial charge is 0.315 e. The second-order valence-corrected chi connectivity index (χ2v) is 6.80. The fraction of sp³-hybridized carbons (Fsp3) is 0.300. The van der Waals surface area contributed by atoms with E-state index in [1.807, 2.05) is 6.07 Å². The predicted molar refractivity (Wildman–Crippen MR) is 93.9 cm³/mol. The summed E-state index contributed by atoms with van der Waals surface area (Å²) in [7, 11) is 0. The van der Waals surface area contributed by atoms with Crippen molar-refractivity contribution in [1.29, 1.82) is 0 Å². The number of alkyl halides is 4. The number of aromatic nitrogens is 3. The maximum absolute atomic E-state index is 12.8. The molecule has 2 aromatic heterocycles. The topological polar surface area (TPSA) is 68.9 Å². The van der Waals surface area contributed by atoms with Crippen LogP contribution in [0.1, 0.15) is 64.7 Å². The van der Waals surface area contributed by atoms with Gasteiger partial charge in [-0.15, -0.1) is 0 Å². The van der Waals surface area contributed by atoms with Crippen LogP contribution in [-0.4, -0.2) is 20.9 Å². The summed E-state index contributed by atoms with van der Waals surface area (Å²) in [5, 5.41) is 3.58. The Hall–Kier alpha value is -3.10. The molecule has 1 atom stereocenters. The van der Waals surface area contributed by atoms with Gasteiger partial charge in [-0.1, -0.05) is 17.3 Å². The molecule has 0 bridgehead atoms. The molecule has 0 spiro atoms. The number of fused-ring (bicyclic) bond motifs is 1. The standard InChI is InChI=1S/C20H15F4N3O2/c21-17(22)15-8-12(5-6-25-15)16(28)9-11-2-1-10-7-13(3-4-14(10)11)19-26-20(18(23)24)29-27-19/h3-8,11,17-18H,1-2,9H2/t11-/m0/s1. The minimum atomic E-state index is -2.83. The Morgan fingerprint density at radius 1 is 1.14 bits per heavy atom. The lowest BCUT2D eigenvalue weighted by molar-refractivity contribution is 0.0972. The molecule has 0 radical (unpaired) electrons. The monoisotopic (exact) mass is 405 g/mol. The summed E-state index contributed by atoms with van der Waals surface area (Å²) in [6, 6.07) is 7.89. The molecule has 0 N–H and O–H groups in total. The van der Waals surface area contributed by atoms with Gasteiger partial charge in [0, 0.05) is 23.7 Å². The van der Waals surface area contributed by atoms with E-state index in [4.69, 9.17) is 0 Å². The quantitative estimate of drug-likeness (QED) is 0.411. The molecule has 0 unspecified atom stereocenters. The molecule has 150 valence electrons. The number of benzene rings is 1. The van der Waals surface area contributed by atoms with Crippen LogP contribution >= 0.6 is 0 Å². The lowest BCUT2D eigenvalue weighted by Crippen LogP contribution is -2.06. The van der Waals surface area contributed by atoms with Crippen molar-refractivity contribution in [3.05, 3.63) is 64.8 Å². The van der Waals surface area contributed by atoms with Crippen LogP contribution in [0.3, 0.4) is 0 Å². The fourth-order valence-electron chi connectivity index (χ4n) is 3.58. The van der Waals surface area contributed by atoms with Gasteiger partial charge < -0.3 is 4.52 Å². The first-order valence-corrected chi connectivity index (χ1v) is 8.94. The molecule has 1 aliphatic rings.